The Morgan fingerprint density at radius 3 is 1.28 bits per heavy atom. The molecular formula is C57H61O7S+. The smallest absolute Gasteiger partial charge is 0.344 e. The fraction of sp³-hybridized carbons (Fsp3) is 0.439. The molecule has 5 aromatic carbocycles. The first kappa shape index (κ1) is 42.4. The van der Waals surface area contributed by atoms with Crippen molar-refractivity contribution in [3.05, 3.63) is 127 Å². The van der Waals surface area contributed by atoms with Crippen LogP contribution in [-0.4, -0.2) is 30.6 Å². The highest BCUT2D eigenvalue weighted by Gasteiger charge is 2.57. The predicted molar refractivity (Wildman–Crippen MR) is 252 cm³/mol. The van der Waals surface area contributed by atoms with Gasteiger partial charge >= 0.3 is 5.97 Å². The molecule has 8 aliphatic rings. The molecule has 7 nitrogen and oxygen atoms in total. The van der Waals surface area contributed by atoms with Crippen LogP contribution in [0.2, 0.25) is 0 Å². The lowest BCUT2D eigenvalue weighted by Gasteiger charge is -2.60. The molecule has 0 heterocycles. The van der Waals surface area contributed by atoms with E-state index in [1.807, 2.05) is 78.9 Å². The van der Waals surface area contributed by atoms with Gasteiger partial charge < -0.3 is 23.7 Å². The standard InChI is InChI=1S/C57H61O7S/c1-56(41-26-37-24-38(28-41)29-42(56)27-37)34-45(58)35-60-46-8-12-48(13-9-46)62-50-16-20-53(21-17-50)65(52-6-4-3-5-7-52)54-22-18-51(19-23-54)63-49-14-10-47(11-15-49)61-36-55(59)64-57(2)43-30-39-25-40(32-43)33-44(57)31-39/h3-23,37-44H,24-36H2,1-2H3/q+1. The minimum atomic E-state index is -0.366. The third kappa shape index (κ3) is 8.80. The maximum atomic E-state index is 13.2. The van der Waals surface area contributed by atoms with Crippen LogP contribution in [0.25, 0.3) is 0 Å². The molecule has 8 saturated carbocycles. The molecule has 0 spiro atoms. The largest absolute Gasteiger partial charge is 0.486 e. The minimum absolute atomic E-state index is 0.0995. The zero-order valence-corrected chi connectivity index (χ0v) is 38.5. The van der Waals surface area contributed by atoms with Crippen molar-refractivity contribution < 1.29 is 33.3 Å². The number of Topliss-reactive ketones (excluding diaryl/α,β-unsaturated/α-hetero) is 1. The highest BCUT2D eigenvalue weighted by Crippen LogP contribution is 2.63. The van der Waals surface area contributed by atoms with Crippen LogP contribution in [0.5, 0.6) is 34.5 Å². The number of carbonyl (C=O) groups is 2. The van der Waals surface area contributed by atoms with Gasteiger partial charge in [0.15, 0.2) is 27.1 Å². The predicted octanol–water partition coefficient (Wildman–Crippen LogP) is 13.3. The van der Waals surface area contributed by atoms with Gasteiger partial charge in [0, 0.05) is 6.42 Å². The normalized spacial score (nSPS) is 30.7. The number of rotatable bonds is 16. The Morgan fingerprint density at radius 2 is 0.831 bits per heavy atom. The molecule has 8 heteroatoms. The summed E-state index contributed by atoms with van der Waals surface area (Å²) in [7, 11) is -0.366. The zero-order valence-electron chi connectivity index (χ0n) is 37.7. The van der Waals surface area contributed by atoms with Crippen LogP contribution in [0.4, 0.5) is 0 Å². The highest BCUT2D eigenvalue weighted by atomic mass is 32.2. The molecule has 8 aliphatic carbocycles. The van der Waals surface area contributed by atoms with Crippen molar-refractivity contribution in [2.75, 3.05) is 13.2 Å². The summed E-state index contributed by atoms with van der Waals surface area (Å²) in [6.07, 6.45) is 13.5. The Balaban J connectivity index is 0.675. The molecule has 13 rings (SSSR count). The third-order valence-electron chi connectivity index (χ3n) is 16.6. The van der Waals surface area contributed by atoms with Gasteiger partial charge in [-0.3, -0.25) is 4.79 Å². The Hall–Kier alpha value is -5.21. The van der Waals surface area contributed by atoms with Crippen molar-refractivity contribution in [2.24, 2.45) is 52.8 Å². The maximum absolute atomic E-state index is 13.2. The van der Waals surface area contributed by atoms with E-state index < -0.39 is 0 Å². The van der Waals surface area contributed by atoms with E-state index in [9.17, 15) is 9.59 Å². The quantitative estimate of drug-likeness (QED) is 0.0721. The molecule has 1 unspecified atom stereocenters. The van der Waals surface area contributed by atoms with Gasteiger partial charge in [0.1, 0.15) is 46.7 Å². The molecule has 336 valence electrons. The van der Waals surface area contributed by atoms with E-state index in [4.69, 9.17) is 23.7 Å². The number of esters is 1. The third-order valence-corrected chi connectivity index (χ3v) is 18.9. The molecule has 0 aliphatic heterocycles. The Bertz CT molecular complexity index is 2250. The van der Waals surface area contributed by atoms with Crippen LogP contribution < -0.4 is 18.9 Å². The van der Waals surface area contributed by atoms with E-state index in [0.717, 1.165) is 40.1 Å². The number of ketones is 1. The summed E-state index contributed by atoms with van der Waals surface area (Å²) in [5.41, 5.74) is -0.216. The first-order valence-electron chi connectivity index (χ1n) is 24.2. The first-order valence-corrected chi connectivity index (χ1v) is 25.4. The van der Waals surface area contributed by atoms with Gasteiger partial charge in [-0.05, 0) is 233 Å². The maximum Gasteiger partial charge on any atom is 0.344 e. The van der Waals surface area contributed by atoms with Crippen molar-refractivity contribution in [2.45, 2.75) is 105 Å². The van der Waals surface area contributed by atoms with Crippen LogP contribution in [0.3, 0.4) is 0 Å². The van der Waals surface area contributed by atoms with Gasteiger partial charge in [-0.15, -0.1) is 0 Å². The van der Waals surface area contributed by atoms with Gasteiger partial charge in [-0.1, -0.05) is 25.1 Å². The summed E-state index contributed by atoms with van der Waals surface area (Å²) in [5.74, 6) is 9.89. The van der Waals surface area contributed by atoms with Crippen molar-refractivity contribution in [3.8, 4) is 34.5 Å². The van der Waals surface area contributed by atoms with Gasteiger partial charge in [-0.25, -0.2) is 4.79 Å². The second-order valence-electron chi connectivity index (χ2n) is 20.8. The van der Waals surface area contributed by atoms with Crippen LogP contribution in [0, 0.1) is 52.8 Å². The second-order valence-corrected chi connectivity index (χ2v) is 22.8. The molecular weight excluding hydrogens is 829 g/mol. The number of ether oxygens (including phenoxy) is 5. The number of hydrogen-bond donors (Lipinski definition) is 0. The SMILES string of the molecule is CC1(CC(=O)COc2ccc(Oc3ccc([S+](c4ccccc4)c4ccc(Oc5ccc(OCC(=O)OC6(C)C7CC8CC(C7)CC6C8)cc5)cc4)cc3)cc2)C2CC3CC(C2)CC1C3. The summed E-state index contributed by atoms with van der Waals surface area (Å²) in [4.78, 5) is 29.7. The second kappa shape index (κ2) is 17.5. The minimum Gasteiger partial charge on any atom is -0.486 e. The van der Waals surface area contributed by atoms with Crippen LogP contribution >= 0.6 is 0 Å². The molecule has 8 bridgehead atoms. The van der Waals surface area contributed by atoms with E-state index in [2.05, 4.69) is 62.4 Å². The monoisotopic (exact) mass is 889 g/mol. The van der Waals surface area contributed by atoms with Gasteiger partial charge in [0.25, 0.3) is 0 Å². The average molecular weight is 890 g/mol. The number of carbonyl (C=O) groups excluding carboxylic acids is 2. The average Bonchev–Trinajstić information content (AvgIpc) is 3.31. The van der Waals surface area contributed by atoms with E-state index in [1.54, 1.807) is 0 Å². The Labute approximate surface area is 386 Å². The zero-order chi connectivity index (χ0) is 44.1. The molecule has 0 aromatic heterocycles. The number of benzene rings is 5. The molecule has 0 N–H and O–H groups in total. The van der Waals surface area contributed by atoms with E-state index in [0.29, 0.717) is 53.1 Å². The molecule has 0 amide bonds. The molecule has 0 radical (unpaired) electrons. The van der Waals surface area contributed by atoms with Crippen molar-refractivity contribution in [1.29, 1.82) is 0 Å². The highest BCUT2D eigenvalue weighted by molar-refractivity contribution is 7.97. The topological polar surface area (TPSA) is 80.3 Å². The Kier molecular flexibility index (Phi) is 11.5. The Morgan fingerprint density at radius 1 is 0.462 bits per heavy atom. The fourth-order valence-corrected chi connectivity index (χ4v) is 15.7. The summed E-state index contributed by atoms with van der Waals surface area (Å²) >= 11 is 0. The summed E-state index contributed by atoms with van der Waals surface area (Å²) in [6.45, 7) is 4.57. The van der Waals surface area contributed by atoms with Gasteiger partial charge in [0.2, 0.25) is 0 Å². The summed E-state index contributed by atoms with van der Waals surface area (Å²) in [6, 6.07) is 42.1. The van der Waals surface area contributed by atoms with Crippen molar-refractivity contribution in [3.63, 3.8) is 0 Å². The van der Waals surface area contributed by atoms with E-state index in [1.165, 1.54) is 74.0 Å². The van der Waals surface area contributed by atoms with E-state index in [-0.39, 0.29) is 46.9 Å². The molecule has 65 heavy (non-hydrogen) atoms. The van der Waals surface area contributed by atoms with Crippen LogP contribution in [-0.2, 0) is 25.2 Å². The lowest BCUT2D eigenvalue weighted by Crippen LogP contribution is -2.58. The van der Waals surface area contributed by atoms with Gasteiger partial charge in [-0.2, -0.15) is 0 Å². The van der Waals surface area contributed by atoms with Gasteiger partial charge in [0.05, 0.1) is 10.9 Å². The first-order chi connectivity index (χ1) is 31.6. The summed E-state index contributed by atoms with van der Waals surface area (Å²) < 4.78 is 30.6. The van der Waals surface area contributed by atoms with Crippen LogP contribution in [0.1, 0.15) is 84.5 Å². The van der Waals surface area contributed by atoms with Crippen molar-refractivity contribution >= 4 is 22.6 Å². The number of hydrogen-bond acceptors (Lipinski definition) is 7. The van der Waals surface area contributed by atoms with Crippen molar-refractivity contribution in [1.82, 2.24) is 0 Å². The van der Waals surface area contributed by atoms with Crippen LogP contribution in [0.15, 0.2) is 142 Å². The van der Waals surface area contributed by atoms with E-state index >= 15 is 0 Å². The molecule has 5 aromatic rings. The molecule has 1 atom stereocenters. The fourth-order valence-electron chi connectivity index (χ4n) is 13.6. The molecule has 0 saturated heterocycles. The lowest BCUT2D eigenvalue weighted by molar-refractivity contribution is -0.204. The summed E-state index contributed by atoms with van der Waals surface area (Å²) in [5, 5.41) is 0. The lowest BCUT2D eigenvalue weighted by atomic mass is 9.45. The molecule has 8 fully saturated rings.